The molecule has 1 aromatic carbocycles. The van der Waals surface area contributed by atoms with Crippen LogP contribution in [0.5, 0.6) is 0 Å². The van der Waals surface area contributed by atoms with Crippen molar-refractivity contribution in [1.82, 2.24) is 10.6 Å². The standard InChI is InChI=1S/C12H14Cl2N2O.ClH/c13-10-2-1-3-11(14)9(10)6-12(17)16-8-4-5-15-7-8;/h1-3,8,15H,4-7H2,(H,16,17);1H. The van der Waals surface area contributed by atoms with Gasteiger partial charge >= 0.3 is 0 Å². The number of carbonyl (C=O) groups is 1. The SMILES string of the molecule is Cl.O=C(Cc1c(Cl)cccc1Cl)NC1CCNC1. The highest BCUT2D eigenvalue weighted by atomic mass is 35.5. The lowest BCUT2D eigenvalue weighted by Crippen LogP contribution is -2.37. The van der Waals surface area contributed by atoms with E-state index in [0.29, 0.717) is 15.6 Å². The van der Waals surface area contributed by atoms with Crippen LogP contribution in [0.25, 0.3) is 0 Å². The normalized spacial score (nSPS) is 18.2. The third-order valence-electron chi connectivity index (χ3n) is 2.82. The molecule has 1 atom stereocenters. The van der Waals surface area contributed by atoms with Crippen LogP contribution < -0.4 is 10.6 Å². The average molecular weight is 310 g/mol. The molecule has 0 spiro atoms. The van der Waals surface area contributed by atoms with E-state index in [1.165, 1.54) is 0 Å². The third kappa shape index (κ3) is 4.02. The average Bonchev–Trinajstić information content (AvgIpc) is 2.76. The van der Waals surface area contributed by atoms with E-state index < -0.39 is 0 Å². The van der Waals surface area contributed by atoms with Crippen LogP contribution in [0.2, 0.25) is 10.0 Å². The van der Waals surface area contributed by atoms with Crippen molar-refractivity contribution in [2.45, 2.75) is 18.9 Å². The summed E-state index contributed by atoms with van der Waals surface area (Å²) in [5.41, 5.74) is 0.694. The molecule has 100 valence electrons. The quantitative estimate of drug-likeness (QED) is 0.900. The first-order valence-electron chi connectivity index (χ1n) is 5.60. The lowest BCUT2D eigenvalue weighted by Gasteiger charge is -2.12. The van der Waals surface area contributed by atoms with Gasteiger partial charge in [-0.05, 0) is 30.7 Å². The Labute approximate surface area is 123 Å². The van der Waals surface area contributed by atoms with Crippen LogP contribution in [0, 0.1) is 0 Å². The van der Waals surface area contributed by atoms with Gasteiger partial charge in [0.2, 0.25) is 5.91 Å². The maximum absolute atomic E-state index is 11.8. The van der Waals surface area contributed by atoms with E-state index in [9.17, 15) is 4.79 Å². The summed E-state index contributed by atoms with van der Waals surface area (Å²) in [5, 5.41) is 7.24. The minimum absolute atomic E-state index is 0. The molecule has 0 bridgehead atoms. The van der Waals surface area contributed by atoms with E-state index in [-0.39, 0.29) is 30.8 Å². The van der Waals surface area contributed by atoms with Crippen LogP contribution in [0.3, 0.4) is 0 Å². The van der Waals surface area contributed by atoms with Crippen molar-refractivity contribution in [3.05, 3.63) is 33.8 Å². The zero-order valence-corrected chi connectivity index (χ0v) is 12.0. The highest BCUT2D eigenvalue weighted by Crippen LogP contribution is 2.24. The lowest BCUT2D eigenvalue weighted by molar-refractivity contribution is -0.121. The maximum Gasteiger partial charge on any atom is 0.224 e. The van der Waals surface area contributed by atoms with Crippen LogP contribution in [-0.4, -0.2) is 25.0 Å². The first-order chi connectivity index (χ1) is 8.16. The van der Waals surface area contributed by atoms with Gasteiger partial charge in [0, 0.05) is 22.6 Å². The number of benzene rings is 1. The second-order valence-corrected chi connectivity index (χ2v) is 4.95. The fourth-order valence-electron chi connectivity index (χ4n) is 1.92. The molecule has 1 aliphatic rings. The Morgan fingerprint density at radius 1 is 1.39 bits per heavy atom. The minimum atomic E-state index is -0.0336. The molecule has 1 amide bonds. The molecule has 0 aromatic heterocycles. The number of hydrogen-bond acceptors (Lipinski definition) is 2. The molecule has 1 aromatic rings. The van der Waals surface area contributed by atoms with E-state index in [4.69, 9.17) is 23.2 Å². The monoisotopic (exact) mass is 308 g/mol. The fourth-order valence-corrected chi connectivity index (χ4v) is 2.45. The van der Waals surface area contributed by atoms with E-state index in [0.717, 1.165) is 19.5 Å². The van der Waals surface area contributed by atoms with E-state index in [1.807, 2.05) is 0 Å². The first kappa shape index (κ1) is 15.6. The molecule has 1 fully saturated rings. The molecule has 1 saturated heterocycles. The van der Waals surface area contributed by atoms with Gasteiger partial charge in [-0.15, -0.1) is 12.4 Å². The van der Waals surface area contributed by atoms with Crippen molar-refractivity contribution < 1.29 is 4.79 Å². The number of hydrogen-bond donors (Lipinski definition) is 2. The van der Waals surface area contributed by atoms with Gasteiger partial charge in [-0.3, -0.25) is 4.79 Å². The predicted octanol–water partition coefficient (Wildman–Crippen LogP) is 2.44. The van der Waals surface area contributed by atoms with Gasteiger partial charge in [-0.2, -0.15) is 0 Å². The Hall–Kier alpha value is -0.480. The number of rotatable bonds is 3. The van der Waals surface area contributed by atoms with Crippen molar-refractivity contribution in [3.63, 3.8) is 0 Å². The summed E-state index contributed by atoms with van der Waals surface area (Å²) in [6.07, 6.45) is 1.21. The van der Waals surface area contributed by atoms with E-state index in [1.54, 1.807) is 18.2 Å². The van der Waals surface area contributed by atoms with Gasteiger partial charge in [-0.1, -0.05) is 29.3 Å². The summed E-state index contributed by atoms with van der Waals surface area (Å²) in [5.74, 6) is -0.0336. The zero-order valence-electron chi connectivity index (χ0n) is 9.71. The molecule has 2 N–H and O–H groups in total. The fraction of sp³-hybridized carbons (Fsp3) is 0.417. The molecule has 3 nitrogen and oxygen atoms in total. The Bertz CT molecular complexity index is 400. The molecule has 18 heavy (non-hydrogen) atoms. The molecule has 1 unspecified atom stereocenters. The summed E-state index contributed by atoms with van der Waals surface area (Å²) >= 11 is 12.0. The van der Waals surface area contributed by atoms with Gasteiger partial charge in [0.15, 0.2) is 0 Å². The van der Waals surface area contributed by atoms with Gasteiger partial charge in [0.1, 0.15) is 0 Å². The number of carbonyl (C=O) groups excluding carboxylic acids is 1. The molecular formula is C12H15Cl3N2O. The second kappa shape index (κ2) is 7.19. The smallest absolute Gasteiger partial charge is 0.224 e. The number of halogens is 3. The van der Waals surface area contributed by atoms with Crippen molar-refractivity contribution in [2.24, 2.45) is 0 Å². The summed E-state index contributed by atoms with van der Waals surface area (Å²) in [4.78, 5) is 11.8. The highest BCUT2D eigenvalue weighted by Gasteiger charge is 2.18. The Kier molecular flexibility index (Phi) is 6.22. The van der Waals surface area contributed by atoms with Crippen LogP contribution in [0.4, 0.5) is 0 Å². The molecule has 0 saturated carbocycles. The molecule has 0 aliphatic carbocycles. The van der Waals surface area contributed by atoms with Gasteiger partial charge < -0.3 is 10.6 Å². The van der Waals surface area contributed by atoms with Crippen LogP contribution in [0.15, 0.2) is 18.2 Å². The molecular weight excluding hydrogens is 295 g/mol. The minimum Gasteiger partial charge on any atom is -0.352 e. The van der Waals surface area contributed by atoms with Crippen LogP contribution in [-0.2, 0) is 11.2 Å². The van der Waals surface area contributed by atoms with Crippen molar-refractivity contribution >= 4 is 41.5 Å². The molecule has 6 heteroatoms. The topological polar surface area (TPSA) is 41.1 Å². The molecule has 1 aliphatic heterocycles. The predicted molar refractivity (Wildman–Crippen MR) is 76.8 cm³/mol. The third-order valence-corrected chi connectivity index (χ3v) is 3.53. The number of amides is 1. The first-order valence-corrected chi connectivity index (χ1v) is 6.35. The zero-order chi connectivity index (χ0) is 12.3. The molecule has 2 rings (SSSR count). The lowest BCUT2D eigenvalue weighted by atomic mass is 10.1. The summed E-state index contributed by atoms with van der Waals surface area (Å²) < 4.78 is 0. The van der Waals surface area contributed by atoms with E-state index in [2.05, 4.69) is 10.6 Å². The summed E-state index contributed by atoms with van der Waals surface area (Å²) in [6.45, 7) is 1.79. The van der Waals surface area contributed by atoms with Crippen molar-refractivity contribution in [2.75, 3.05) is 13.1 Å². The Morgan fingerprint density at radius 2 is 2.06 bits per heavy atom. The van der Waals surface area contributed by atoms with Gasteiger partial charge in [0.05, 0.1) is 6.42 Å². The van der Waals surface area contributed by atoms with Crippen molar-refractivity contribution in [3.8, 4) is 0 Å². The highest BCUT2D eigenvalue weighted by molar-refractivity contribution is 6.36. The number of nitrogens with one attached hydrogen (secondary N) is 2. The Balaban J connectivity index is 0.00000162. The largest absolute Gasteiger partial charge is 0.352 e. The molecule has 0 radical (unpaired) electrons. The maximum atomic E-state index is 11.8. The second-order valence-electron chi connectivity index (χ2n) is 4.13. The van der Waals surface area contributed by atoms with Gasteiger partial charge in [-0.25, -0.2) is 0 Å². The van der Waals surface area contributed by atoms with Crippen LogP contribution in [0.1, 0.15) is 12.0 Å². The Morgan fingerprint density at radius 3 is 2.61 bits per heavy atom. The summed E-state index contributed by atoms with van der Waals surface area (Å²) in [6, 6.07) is 5.48. The van der Waals surface area contributed by atoms with Gasteiger partial charge in [0.25, 0.3) is 0 Å². The molecule has 1 heterocycles. The van der Waals surface area contributed by atoms with E-state index >= 15 is 0 Å². The van der Waals surface area contributed by atoms with Crippen molar-refractivity contribution in [1.29, 1.82) is 0 Å². The summed E-state index contributed by atoms with van der Waals surface area (Å²) in [7, 11) is 0. The van der Waals surface area contributed by atoms with Crippen LogP contribution >= 0.6 is 35.6 Å².